The molecule has 0 aliphatic heterocycles. The zero-order valence-electron chi connectivity index (χ0n) is 12.3. The van der Waals surface area contributed by atoms with Crippen molar-refractivity contribution in [1.29, 1.82) is 0 Å². The molecule has 2 rings (SSSR count). The molecule has 0 bridgehead atoms. The van der Waals surface area contributed by atoms with Gasteiger partial charge in [-0.15, -0.1) is 0 Å². The van der Waals surface area contributed by atoms with Gasteiger partial charge in [-0.1, -0.05) is 12.1 Å². The molecule has 0 atom stereocenters. The summed E-state index contributed by atoms with van der Waals surface area (Å²) in [5, 5.41) is 0. The minimum Gasteiger partial charge on any atom is -0.399 e. The number of aryl methyl sites for hydroxylation is 1. The van der Waals surface area contributed by atoms with Crippen LogP contribution in [0.2, 0.25) is 0 Å². The number of anilines is 1. The van der Waals surface area contributed by atoms with E-state index in [1.807, 2.05) is 19.9 Å². The fourth-order valence-corrected chi connectivity index (χ4v) is 2.17. The van der Waals surface area contributed by atoms with Gasteiger partial charge in [-0.05, 0) is 55.3 Å². The number of hydrogen-bond donors (Lipinski definition) is 1. The lowest BCUT2D eigenvalue weighted by Gasteiger charge is -2.21. The van der Waals surface area contributed by atoms with E-state index in [1.165, 1.54) is 12.1 Å². The Morgan fingerprint density at radius 1 is 1.24 bits per heavy atom. The second-order valence-corrected chi connectivity index (χ2v) is 5.02. The van der Waals surface area contributed by atoms with E-state index >= 15 is 0 Å². The van der Waals surface area contributed by atoms with Crippen molar-refractivity contribution in [3.8, 4) is 0 Å². The number of nitrogen functional groups attached to an aromatic ring is 1. The standard InChI is InChI=1S/C17H19FN2O/c1-3-20(11-13-5-4-6-15(18)10-13)17(21)14-7-8-16(19)12(2)9-14/h4-10H,3,11,19H2,1-2H3. The maximum atomic E-state index is 13.2. The number of amides is 1. The number of hydrogen-bond acceptors (Lipinski definition) is 2. The van der Waals surface area contributed by atoms with Crippen molar-refractivity contribution in [1.82, 2.24) is 4.90 Å². The topological polar surface area (TPSA) is 46.3 Å². The highest BCUT2D eigenvalue weighted by molar-refractivity contribution is 5.94. The van der Waals surface area contributed by atoms with Gasteiger partial charge >= 0.3 is 0 Å². The molecule has 0 radical (unpaired) electrons. The van der Waals surface area contributed by atoms with Crippen LogP contribution in [0.5, 0.6) is 0 Å². The molecule has 2 aromatic rings. The number of carbonyl (C=O) groups excluding carboxylic acids is 1. The molecule has 0 saturated heterocycles. The molecule has 21 heavy (non-hydrogen) atoms. The fourth-order valence-electron chi connectivity index (χ4n) is 2.17. The van der Waals surface area contributed by atoms with Crippen LogP contribution < -0.4 is 5.73 Å². The molecule has 4 heteroatoms. The fraction of sp³-hybridized carbons (Fsp3) is 0.235. The van der Waals surface area contributed by atoms with Gasteiger partial charge in [-0.2, -0.15) is 0 Å². The van der Waals surface area contributed by atoms with Crippen LogP contribution in [-0.4, -0.2) is 17.4 Å². The average Bonchev–Trinajstić information content (AvgIpc) is 2.47. The van der Waals surface area contributed by atoms with Crippen molar-refractivity contribution in [2.75, 3.05) is 12.3 Å². The molecule has 0 saturated carbocycles. The molecular formula is C17H19FN2O. The molecule has 0 heterocycles. The van der Waals surface area contributed by atoms with Gasteiger partial charge in [0.05, 0.1) is 0 Å². The first-order chi connectivity index (χ1) is 10.0. The third-order valence-electron chi connectivity index (χ3n) is 3.45. The summed E-state index contributed by atoms with van der Waals surface area (Å²) in [5.41, 5.74) is 8.69. The predicted molar refractivity (Wildman–Crippen MR) is 82.4 cm³/mol. The third kappa shape index (κ3) is 3.60. The van der Waals surface area contributed by atoms with Crippen LogP contribution in [0.25, 0.3) is 0 Å². The summed E-state index contributed by atoms with van der Waals surface area (Å²) in [6.45, 7) is 4.71. The molecule has 0 spiro atoms. The average molecular weight is 286 g/mol. The van der Waals surface area contributed by atoms with Crippen molar-refractivity contribution < 1.29 is 9.18 Å². The summed E-state index contributed by atoms with van der Waals surface area (Å²) in [7, 11) is 0. The largest absolute Gasteiger partial charge is 0.399 e. The number of halogens is 1. The van der Waals surface area contributed by atoms with E-state index < -0.39 is 0 Å². The minimum atomic E-state index is -0.292. The van der Waals surface area contributed by atoms with E-state index in [-0.39, 0.29) is 11.7 Å². The van der Waals surface area contributed by atoms with Crippen molar-refractivity contribution in [2.24, 2.45) is 0 Å². The van der Waals surface area contributed by atoms with E-state index in [0.717, 1.165) is 11.1 Å². The van der Waals surface area contributed by atoms with Crippen LogP contribution >= 0.6 is 0 Å². The molecule has 1 amide bonds. The molecular weight excluding hydrogens is 267 g/mol. The number of benzene rings is 2. The second-order valence-electron chi connectivity index (χ2n) is 5.02. The normalized spacial score (nSPS) is 10.4. The Labute approximate surface area is 124 Å². The van der Waals surface area contributed by atoms with Crippen LogP contribution in [0.15, 0.2) is 42.5 Å². The van der Waals surface area contributed by atoms with Crippen LogP contribution in [0.1, 0.15) is 28.4 Å². The highest BCUT2D eigenvalue weighted by atomic mass is 19.1. The van der Waals surface area contributed by atoms with Gasteiger partial charge in [-0.3, -0.25) is 4.79 Å². The Balaban J connectivity index is 2.20. The van der Waals surface area contributed by atoms with Gasteiger partial charge < -0.3 is 10.6 Å². The van der Waals surface area contributed by atoms with Gasteiger partial charge in [0, 0.05) is 24.3 Å². The summed E-state index contributed by atoms with van der Waals surface area (Å²) in [4.78, 5) is 14.2. The number of nitrogens with two attached hydrogens (primary N) is 1. The van der Waals surface area contributed by atoms with Crippen LogP contribution in [0.3, 0.4) is 0 Å². The molecule has 0 fully saturated rings. The van der Waals surface area contributed by atoms with E-state index in [1.54, 1.807) is 29.2 Å². The smallest absolute Gasteiger partial charge is 0.254 e. The van der Waals surface area contributed by atoms with E-state index in [4.69, 9.17) is 5.73 Å². The van der Waals surface area contributed by atoms with Crippen molar-refractivity contribution in [3.63, 3.8) is 0 Å². The zero-order chi connectivity index (χ0) is 15.4. The SMILES string of the molecule is CCN(Cc1cccc(F)c1)C(=O)c1ccc(N)c(C)c1. The van der Waals surface area contributed by atoms with Crippen molar-refractivity contribution >= 4 is 11.6 Å². The number of nitrogens with zero attached hydrogens (tertiary/aromatic N) is 1. The van der Waals surface area contributed by atoms with Gasteiger partial charge in [0.2, 0.25) is 0 Å². The van der Waals surface area contributed by atoms with E-state index in [2.05, 4.69) is 0 Å². The number of carbonyl (C=O) groups is 1. The molecule has 2 N–H and O–H groups in total. The van der Waals surface area contributed by atoms with Crippen LogP contribution in [0.4, 0.5) is 10.1 Å². The maximum absolute atomic E-state index is 13.2. The molecule has 0 aliphatic carbocycles. The molecule has 0 aromatic heterocycles. The molecule has 3 nitrogen and oxygen atoms in total. The Morgan fingerprint density at radius 2 is 2.00 bits per heavy atom. The highest BCUT2D eigenvalue weighted by Gasteiger charge is 2.15. The maximum Gasteiger partial charge on any atom is 0.254 e. The minimum absolute atomic E-state index is 0.0788. The first-order valence-corrected chi connectivity index (χ1v) is 6.91. The molecule has 0 unspecified atom stereocenters. The molecule has 2 aromatic carbocycles. The summed E-state index contributed by atoms with van der Waals surface area (Å²) in [6, 6.07) is 11.5. The van der Waals surface area contributed by atoms with E-state index in [9.17, 15) is 9.18 Å². The first kappa shape index (κ1) is 15.0. The number of rotatable bonds is 4. The van der Waals surface area contributed by atoms with Gasteiger partial charge in [0.1, 0.15) is 5.82 Å². The van der Waals surface area contributed by atoms with Crippen LogP contribution in [-0.2, 0) is 6.54 Å². The monoisotopic (exact) mass is 286 g/mol. The summed E-state index contributed by atoms with van der Waals surface area (Å²) >= 11 is 0. The van der Waals surface area contributed by atoms with Gasteiger partial charge in [0.25, 0.3) is 5.91 Å². The van der Waals surface area contributed by atoms with Gasteiger partial charge in [-0.25, -0.2) is 4.39 Å². The summed E-state index contributed by atoms with van der Waals surface area (Å²) in [6.07, 6.45) is 0. The van der Waals surface area contributed by atoms with Crippen LogP contribution in [0, 0.1) is 12.7 Å². The highest BCUT2D eigenvalue weighted by Crippen LogP contribution is 2.16. The Bertz CT molecular complexity index is 655. The Hall–Kier alpha value is -2.36. The molecule has 0 aliphatic rings. The third-order valence-corrected chi connectivity index (χ3v) is 3.45. The lowest BCUT2D eigenvalue weighted by Crippen LogP contribution is -2.30. The second kappa shape index (κ2) is 6.39. The quantitative estimate of drug-likeness (QED) is 0.876. The summed E-state index contributed by atoms with van der Waals surface area (Å²) < 4.78 is 13.2. The zero-order valence-corrected chi connectivity index (χ0v) is 12.3. The van der Waals surface area contributed by atoms with Crippen molar-refractivity contribution in [3.05, 3.63) is 65.0 Å². The summed E-state index contributed by atoms with van der Waals surface area (Å²) in [5.74, 6) is -0.371. The van der Waals surface area contributed by atoms with E-state index in [0.29, 0.717) is 24.3 Å². The predicted octanol–water partition coefficient (Wildman–Crippen LogP) is 3.38. The molecule has 110 valence electrons. The first-order valence-electron chi connectivity index (χ1n) is 6.91. The van der Waals surface area contributed by atoms with Crippen molar-refractivity contribution in [2.45, 2.75) is 20.4 Å². The lowest BCUT2D eigenvalue weighted by atomic mass is 10.1. The van der Waals surface area contributed by atoms with Gasteiger partial charge in [0.15, 0.2) is 0 Å². The Kier molecular flexibility index (Phi) is 4.58. The lowest BCUT2D eigenvalue weighted by molar-refractivity contribution is 0.0752. The Morgan fingerprint density at radius 3 is 2.62 bits per heavy atom.